The molecule has 34 heavy (non-hydrogen) atoms. The molecule has 5 rings (SSSR count). The number of fused-ring (bicyclic) bond motifs is 1. The summed E-state index contributed by atoms with van der Waals surface area (Å²) in [4.78, 5) is 27.9. The Morgan fingerprint density at radius 2 is 1.82 bits per heavy atom. The van der Waals surface area contributed by atoms with Crippen LogP contribution in [-0.2, 0) is 34.0 Å². The highest BCUT2D eigenvalue weighted by Crippen LogP contribution is 2.43. The first-order chi connectivity index (χ1) is 16.5. The van der Waals surface area contributed by atoms with Crippen LogP contribution in [0.2, 0.25) is 5.02 Å². The van der Waals surface area contributed by atoms with Crippen molar-refractivity contribution >= 4 is 23.4 Å². The van der Waals surface area contributed by atoms with Gasteiger partial charge in [0.15, 0.2) is 0 Å². The molecule has 2 atom stereocenters. The number of imide groups is 1. The largest absolute Gasteiger partial charge is 0.487 e. The Hall–Kier alpha value is -2.49. The lowest BCUT2D eigenvalue weighted by Gasteiger charge is -2.31. The Morgan fingerprint density at radius 1 is 1.09 bits per heavy atom. The molecule has 3 aliphatic rings. The first-order valence-corrected chi connectivity index (χ1v) is 12.0. The van der Waals surface area contributed by atoms with E-state index in [4.69, 9.17) is 21.1 Å². The van der Waals surface area contributed by atoms with Gasteiger partial charge < -0.3 is 14.6 Å². The predicted octanol–water partition coefficient (Wildman–Crippen LogP) is 2.36. The quantitative estimate of drug-likeness (QED) is 0.607. The summed E-state index contributed by atoms with van der Waals surface area (Å²) in [6.45, 7) is 5.01. The molecule has 2 aromatic carbocycles. The van der Waals surface area contributed by atoms with Crippen molar-refractivity contribution in [3.63, 3.8) is 0 Å². The van der Waals surface area contributed by atoms with E-state index in [9.17, 15) is 14.7 Å². The molecule has 180 valence electrons. The third kappa shape index (κ3) is 4.82. The number of amides is 2. The fraction of sp³-hybridized carbons (Fsp3) is 0.440. The van der Waals surface area contributed by atoms with Crippen molar-refractivity contribution in [2.45, 2.75) is 44.8 Å². The zero-order chi connectivity index (χ0) is 23.7. The van der Waals surface area contributed by atoms with Crippen LogP contribution in [0.5, 0.6) is 5.75 Å². The lowest BCUT2D eigenvalue weighted by molar-refractivity contribution is -0.141. The molecule has 2 fully saturated rings. The first kappa shape index (κ1) is 23.3. The minimum Gasteiger partial charge on any atom is -0.487 e. The highest BCUT2D eigenvalue weighted by atomic mass is 35.5. The Morgan fingerprint density at radius 3 is 2.56 bits per heavy atom. The fourth-order valence-electron chi connectivity index (χ4n) is 4.82. The summed E-state index contributed by atoms with van der Waals surface area (Å²) < 4.78 is 11.5. The lowest BCUT2D eigenvalue weighted by Crippen LogP contribution is -2.51. The maximum absolute atomic E-state index is 12.4. The Kier molecular flexibility index (Phi) is 6.85. The molecule has 3 heterocycles. The topological polar surface area (TPSA) is 91.3 Å². The smallest absolute Gasteiger partial charge is 0.244 e. The molecule has 0 saturated carbocycles. The second-order valence-electron chi connectivity index (χ2n) is 8.95. The van der Waals surface area contributed by atoms with Gasteiger partial charge in [0.2, 0.25) is 11.8 Å². The Balaban J connectivity index is 1.26. The van der Waals surface area contributed by atoms with E-state index < -0.39 is 12.3 Å². The molecule has 3 aliphatic heterocycles. The van der Waals surface area contributed by atoms with Crippen molar-refractivity contribution in [2.24, 2.45) is 0 Å². The summed E-state index contributed by atoms with van der Waals surface area (Å²) in [7, 11) is 0. The molecule has 0 bridgehead atoms. The highest BCUT2D eigenvalue weighted by molar-refractivity contribution is 6.32. The number of aliphatic hydroxyl groups excluding tert-OH is 1. The van der Waals surface area contributed by atoms with Crippen LogP contribution in [0.4, 0.5) is 0 Å². The van der Waals surface area contributed by atoms with Crippen LogP contribution < -0.4 is 10.1 Å². The summed E-state index contributed by atoms with van der Waals surface area (Å²) in [6, 6.07) is 11.2. The minimum atomic E-state index is -0.960. The predicted molar refractivity (Wildman–Crippen MR) is 125 cm³/mol. The molecule has 2 aromatic rings. The molecule has 0 radical (unpaired) electrons. The van der Waals surface area contributed by atoms with Gasteiger partial charge in [-0.25, -0.2) is 0 Å². The molecule has 2 unspecified atom stereocenters. The van der Waals surface area contributed by atoms with Crippen molar-refractivity contribution in [3.05, 3.63) is 63.7 Å². The molecule has 0 aromatic heterocycles. The standard InChI is InChI=1S/C25H28ClN3O5/c26-20-6-5-18-19(14-29(25(18)32)21-7-8-22(30)27-24(21)31)23(20)34-15-17-3-1-16(2-4-17)13-28-9-11-33-12-10-28/h1-6,21,25,32H,7-15H2,(H,27,30,31). The number of hydrogen-bond donors (Lipinski definition) is 2. The Labute approximate surface area is 203 Å². The van der Waals surface area contributed by atoms with Gasteiger partial charge >= 0.3 is 0 Å². The first-order valence-electron chi connectivity index (χ1n) is 11.6. The van der Waals surface area contributed by atoms with Gasteiger partial charge in [-0.3, -0.25) is 24.7 Å². The van der Waals surface area contributed by atoms with Crippen LogP contribution in [0.3, 0.4) is 0 Å². The average Bonchev–Trinajstić information content (AvgIpc) is 3.16. The average molecular weight is 486 g/mol. The zero-order valence-electron chi connectivity index (χ0n) is 18.8. The van der Waals surface area contributed by atoms with Gasteiger partial charge in [0.25, 0.3) is 0 Å². The minimum absolute atomic E-state index is 0.252. The van der Waals surface area contributed by atoms with Crippen LogP contribution in [0.1, 0.15) is 41.3 Å². The van der Waals surface area contributed by atoms with Crippen LogP contribution >= 0.6 is 11.6 Å². The maximum Gasteiger partial charge on any atom is 0.244 e. The number of nitrogens with one attached hydrogen (secondary N) is 1. The van der Waals surface area contributed by atoms with E-state index in [2.05, 4.69) is 34.5 Å². The van der Waals surface area contributed by atoms with E-state index in [0.717, 1.165) is 44.0 Å². The molecular weight excluding hydrogens is 458 g/mol. The lowest BCUT2D eigenvalue weighted by atomic mass is 10.0. The number of hydrogen-bond acceptors (Lipinski definition) is 7. The van der Waals surface area contributed by atoms with Gasteiger partial charge in [-0.15, -0.1) is 0 Å². The van der Waals surface area contributed by atoms with Gasteiger partial charge in [0, 0.05) is 43.7 Å². The number of ether oxygens (including phenoxy) is 2. The number of aliphatic hydroxyl groups is 1. The van der Waals surface area contributed by atoms with E-state index in [-0.39, 0.29) is 18.2 Å². The van der Waals surface area contributed by atoms with E-state index in [1.54, 1.807) is 17.0 Å². The SMILES string of the molecule is O=C1CCC(N2Cc3c(ccc(Cl)c3OCc3ccc(CN4CCOCC4)cc3)C2O)C(=O)N1. The maximum atomic E-state index is 12.4. The third-order valence-corrected chi connectivity index (χ3v) is 7.01. The van der Waals surface area contributed by atoms with Crippen molar-refractivity contribution in [1.29, 1.82) is 0 Å². The normalized spacial score (nSPS) is 23.6. The summed E-state index contributed by atoms with van der Waals surface area (Å²) in [5, 5.41) is 13.7. The van der Waals surface area contributed by atoms with E-state index in [1.807, 2.05) is 0 Å². The number of piperidine rings is 1. The van der Waals surface area contributed by atoms with E-state index >= 15 is 0 Å². The van der Waals surface area contributed by atoms with Gasteiger partial charge in [0.05, 0.1) is 24.3 Å². The number of nitrogens with zero attached hydrogens (tertiary/aromatic N) is 2. The van der Waals surface area contributed by atoms with E-state index in [1.165, 1.54) is 5.56 Å². The summed E-state index contributed by atoms with van der Waals surface area (Å²) in [5.74, 6) is -0.144. The molecule has 2 amide bonds. The number of benzene rings is 2. The number of carbonyl (C=O) groups excluding carboxylic acids is 2. The molecule has 9 heteroatoms. The molecular formula is C25H28ClN3O5. The number of rotatable bonds is 6. The molecule has 8 nitrogen and oxygen atoms in total. The summed E-state index contributed by atoms with van der Waals surface area (Å²) in [5.41, 5.74) is 3.70. The van der Waals surface area contributed by atoms with Gasteiger partial charge in [0.1, 0.15) is 18.6 Å². The molecule has 2 N–H and O–H groups in total. The monoisotopic (exact) mass is 485 g/mol. The van der Waals surface area contributed by atoms with Gasteiger partial charge in [-0.2, -0.15) is 0 Å². The van der Waals surface area contributed by atoms with Crippen molar-refractivity contribution in [3.8, 4) is 5.75 Å². The van der Waals surface area contributed by atoms with Crippen LogP contribution in [0.25, 0.3) is 0 Å². The Bertz CT molecular complexity index is 1070. The fourth-order valence-corrected chi connectivity index (χ4v) is 5.05. The van der Waals surface area contributed by atoms with Crippen molar-refractivity contribution in [2.75, 3.05) is 26.3 Å². The number of halogens is 1. The van der Waals surface area contributed by atoms with Gasteiger partial charge in [-0.1, -0.05) is 41.9 Å². The number of morpholine rings is 1. The van der Waals surface area contributed by atoms with Crippen LogP contribution in [0.15, 0.2) is 36.4 Å². The van der Waals surface area contributed by atoms with Gasteiger partial charge in [-0.05, 0) is 23.6 Å². The highest BCUT2D eigenvalue weighted by Gasteiger charge is 2.41. The number of carbonyl (C=O) groups is 2. The zero-order valence-corrected chi connectivity index (χ0v) is 19.6. The molecule has 0 spiro atoms. The van der Waals surface area contributed by atoms with Crippen molar-refractivity contribution in [1.82, 2.24) is 15.1 Å². The van der Waals surface area contributed by atoms with E-state index in [0.29, 0.717) is 35.9 Å². The summed E-state index contributed by atoms with van der Waals surface area (Å²) >= 11 is 6.47. The molecule has 0 aliphatic carbocycles. The van der Waals surface area contributed by atoms with Crippen LogP contribution in [0, 0.1) is 0 Å². The second-order valence-corrected chi connectivity index (χ2v) is 9.36. The van der Waals surface area contributed by atoms with Crippen molar-refractivity contribution < 1.29 is 24.2 Å². The summed E-state index contributed by atoms with van der Waals surface area (Å²) in [6.07, 6.45) is -0.337. The second kappa shape index (κ2) is 10.0. The third-order valence-electron chi connectivity index (χ3n) is 6.71. The van der Waals surface area contributed by atoms with Crippen LogP contribution in [-0.4, -0.2) is 59.1 Å². The molecule has 2 saturated heterocycles.